The van der Waals surface area contributed by atoms with Crippen LogP contribution in [0.15, 0.2) is 48.5 Å². The molecule has 0 aliphatic heterocycles. The summed E-state index contributed by atoms with van der Waals surface area (Å²) < 4.78 is 4.71. The normalized spacial score (nSPS) is 10.4. The van der Waals surface area contributed by atoms with Gasteiger partial charge < -0.3 is 15.8 Å². The molecule has 0 saturated carbocycles. The van der Waals surface area contributed by atoms with E-state index in [1.165, 1.54) is 18.4 Å². The van der Waals surface area contributed by atoms with Gasteiger partial charge in [0.1, 0.15) is 10.7 Å². The van der Waals surface area contributed by atoms with Crippen molar-refractivity contribution in [2.45, 2.75) is 6.92 Å². The zero-order chi connectivity index (χ0) is 18.7. The topological polar surface area (TPSA) is 94.3 Å². The fourth-order valence-electron chi connectivity index (χ4n) is 2.35. The average molecular weight is 367 g/mol. The summed E-state index contributed by atoms with van der Waals surface area (Å²) in [6.07, 6.45) is 0. The monoisotopic (exact) mass is 367 g/mol. The van der Waals surface area contributed by atoms with Gasteiger partial charge >= 0.3 is 5.97 Å². The van der Waals surface area contributed by atoms with E-state index in [1.54, 1.807) is 36.4 Å². The lowest BCUT2D eigenvalue weighted by Crippen LogP contribution is -2.02. The van der Waals surface area contributed by atoms with Gasteiger partial charge in [-0.05, 0) is 25.1 Å². The first kappa shape index (κ1) is 17.6. The Hall–Kier alpha value is -3.19. The summed E-state index contributed by atoms with van der Waals surface area (Å²) in [5.41, 5.74) is 8.63. The van der Waals surface area contributed by atoms with Crippen molar-refractivity contribution in [1.82, 2.24) is 4.98 Å². The molecule has 0 bridgehead atoms. The Kier molecular flexibility index (Phi) is 4.99. The second-order valence-corrected chi connectivity index (χ2v) is 6.62. The van der Waals surface area contributed by atoms with E-state index >= 15 is 0 Å². The highest BCUT2D eigenvalue weighted by Crippen LogP contribution is 2.30. The molecule has 0 radical (unpaired) electrons. The predicted molar refractivity (Wildman–Crippen MR) is 102 cm³/mol. The number of ketones is 1. The number of hydrogen-bond donors (Lipinski definition) is 2. The molecule has 3 aromatic rings. The van der Waals surface area contributed by atoms with Crippen LogP contribution in [0.4, 0.5) is 16.6 Å². The molecule has 3 rings (SSSR count). The summed E-state index contributed by atoms with van der Waals surface area (Å²) in [6, 6.07) is 14.1. The standard InChI is InChI=1S/C19H17N3O3S/c1-11-6-8-12(9-7-11)15(23)16-17(20)22-19(26-16)21-14-5-3-4-13(10-14)18(24)25-2/h3-10H,20H2,1-2H3,(H,21,22). The number of nitrogen functional groups attached to an aromatic ring is 1. The maximum Gasteiger partial charge on any atom is 0.337 e. The minimum absolute atomic E-state index is 0.170. The van der Waals surface area contributed by atoms with Crippen molar-refractivity contribution in [2.24, 2.45) is 0 Å². The van der Waals surface area contributed by atoms with Crippen LogP contribution in [0, 0.1) is 6.92 Å². The third-order valence-corrected chi connectivity index (χ3v) is 4.69. The van der Waals surface area contributed by atoms with E-state index in [9.17, 15) is 9.59 Å². The number of methoxy groups -OCH3 is 1. The highest BCUT2D eigenvalue weighted by atomic mass is 32.1. The smallest absolute Gasteiger partial charge is 0.337 e. The molecule has 132 valence electrons. The second kappa shape index (κ2) is 7.37. The Labute approximate surface area is 154 Å². The van der Waals surface area contributed by atoms with Crippen molar-refractivity contribution in [1.29, 1.82) is 0 Å². The van der Waals surface area contributed by atoms with Crippen molar-refractivity contribution in [3.63, 3.8) is 0 Å². The number of benzene rings is 2. The Morgan fingerprint density at radius 3 is 2.54 bits per heavy atom. The first-order valence-corrected chi connectivity index (χ1v) is 8.62. The number of carbonyl (C=O) groups excluding carboxylic acids is 2. The summed E-state index contributed by atoms with van der Waals surface area (Å²) >= 11 is 1.17. The number of thiazole rings is 1. The van der Waals surface area contributed by atoms with E-state index < -0.39 is 5.97 Å². The number of aromatic nitrogens is 1. The van der Waals surface area contributed by atoms with Crippen molar-refractivity contribution >= 4 is 39.7 Å². The molecule has 2 aromatic carbocycles. The number of esters is 1. The molecule has 6 nitrogen and oxygen atoms in total. The van der Waals surface area contributed by atoms with Gasteiger partial charge in [0.05, 0.1) is 12.7 Å². The van der Waals surface area contributed by atoms with Crippen LogP contribution in [0.5, 0.6) is 0 Å². The first-order chi connectivity index (χ1) is 12.5. The lowest BCUT2D eigenvalue weighted by atomic mass is 10.1. The summed E-state index contributed by atoms with van der Waals surface area (Å²) in [6.45, 7) is 1.96. The minimum Gasteiger partial charge on any atom is -0.465 e. The number of rotatable bonds is 5. The fraction of sp³-hybridized carbons (Fsp3) is 0.105. The Bertz CT molecular complexity index is 964. The quantitative estimate of drug-likeness (QED) is 0.526. The van der Waals surface area contributed by atoms with Crippen LogP contribution < -0.4 is 11.1 Å². The average Bonchev–Trinajstić information content (AvgIpc) is 3.01. The third-order valence-electron chi connectivity index (χ3n) is 3.71. The second-order valence-electron chi connectivity index (χ2n) is 5.63. The van der Waals surface area contributed by atoms with E-state index in [2.05, 4.69) is 10.3 Å². The van der Waals surface area contributed by atoms with Gasteiger partial charge in [-0.2, -0.15) is 0 Å². The summed E-state index contributed by atoms with van der Waals surface area (Å²) in [5, 5.41) is 3.54. The SMILES string of the molecule is COC(=O)c1cccc(Nc2nc(N)c(C(=O)c3ccc(C)cc3)s2)c1. The van der Waals surface area contributed by atoms with E-state index in [-0.39, 0.29) is 11.6 Å². The largest absolute Gasteiger partial charge is 0.465 e. The maximum absolute atomic E-state index is 12.6. The van der Waals surface area contributed by atoms with Gasteiger partial charge in [0.25, 0.3) is 0 Å². The van der Waals surface area contributed by atoms with Crippen molar-refractivity contribution in [2.75, 3.05) is 18.2 Å². The molecular weight excluding hydrogens is 350 g/mol. The van der Waals surface area contributed by atoms with Crippen LogP contribution in [0.25, 0.3) is 0 Å². The summed E-state index contributed by atoms with van der Waals surface area (Å²) in [4.78, 5) is 28.8. The first-order valence-electron chi connectivity index (χ1n) is 7.81. The lowest BCUT2D eigenvalue weighted by Gasteiger charge is -2.04. The van der Waals surface area contributed by atoms with Crippen molar-refractivity contribution < 1.29 is 14.3 Å². The molecule has 1 aromatic heterocycles. The number of ether oxygens (including phenoxy) is 1. The Balaban J connectivity index is 1.83. The molecule has 0 aliphatic carbocycles. The van der Waals surface area contributed by atoms with E-state index in [1.807, 2.05) is 19.1 Å². The number of nitrogens with zero attached hydrogens (tertiary/aromatic N) is 1. The zero-order valence-electron chi connectivity index (χ0n) is 14.3. The van der Waals surface area contributed by atoms with Gasteiger partial charge in [-0.25, -0.2) is 9.78 Å². The minimum atomic E-state index is -0.428. The van der Waals surface area contributed by atoms with E-state index in [4.69, 9.17) is 10.5 Å². The molecule has 0 aliphatic rings. The number of hydrogen-bond acceptors (Lipinski definition) is 7. The molecule has 0 atom stereocenters. The van der Waals surface area contributed by atoms with Gasteiger partial charge in [-0.15, -0.1) is 0 Å². The van der Waals surface area contributed by atoms with Crippen LogP contribution in [0.2, 0.25) is 0 Å². The molecule has 0 unspecified atom stereocenters. The predicted octanol–water partition coefficient (Wildman–Crippen LogP) is 3.79. The molecular formula is C19H17N3O3S. The van der Waals surface area contributed by atoms with Crippen LogP contribution in [0.3, 0.4) is 0 Å². The number of carbonyl (C=O) groups is 2. The van der Waals surface area contributed by atoms with Gasteiger partial charge in [-0.1, -0.05) is 47.2 Å². The number of anilines is 3. The molecule has 0 fully saturated rings. The van der Waals surface area contributed by atoms with Crippen molar-refractivity contribution in [3.8, 4) is 0 Å². The molecule has 7 heteroatoms. The molecule has 26 heavy (non-hydrogen) atoms. The van der Waals surface area contributed by atoms with Crippen LogP contribution in [-0.4, -0.2) is 23.8 Å². The molecule has 0 amide bonds. The zero-order valence-corrected chi connectivity index (χ0v) is 15.1. The summed E-state index contributed by atoms with van der Waals surface area (Å²) in [7, 11) is 1.33. The molecule has 1 heterocycles. The van der Waals surface area contributed by atoms with Gasteiger partial charge in [0.15, 0.2) is 5.13 Å². The Morgan fingerprint density at radius 1 is 1.12 bits per heavy atom. The number of nitrogens with two attached hydrogens (primary N) is 1. The maximum atomic E-state index is 12.6. The molecule has 3 N–H and O–H groups in total. The van der Waals surface area contributed by atoms with E-state index in [0.29, 0.717) is 26.8 Å². The molecule has 0 saturated heterocycles. The van der Waals surface area contributed by atoms with Gasteiger partial charge in [-0.3, -0.25) is 4.79 Å². The lowest BCUT2D eigenvalue weighted by molar-refractivity contribution is 0.0600. The Morgan fingerprint density at radius 2 is 1.85 bits per heavy atom. The number of aryl methyl sites for hydroxylation is 1. The molecule has 0 spiro atoms. The highest BCUT2D eigenvalue weighted by molar-refractivity contribution is 7.18. The van der Waals surface area contributed by atoms with Crippen LogP contribution in [-0.2, 0) is 4.74 Å². The summed E-state index contributed by atoms with van der Waals surface area (Å²) in [5.74, 6) is -0.425. The van der Waals surface area contributed by atoms with E-state index in [0.717, 1.165) is 5.56 Å². The number of nitrogens with one attached hydrogen (secondary N) is 1. The highest BCUT2D eigenvalue weighted by Gasteiger charge is 2.18. The third kappa shape index (κ3) is 3.73. The van der Waals surface area contributed by atoms with Crippen LogP contribution in [0.1, 0.15) is 31.2 Å². The van der Waals surface area contributed by atoms with Crippen molar-refractivity contribution in [3.05, 3.63) is 70.1 Å². The van der Waals surface area contributed by atoms with Gasteiger partial charge in [0, 0.05) is 11.3 Å². The van der Waals surface area contributed by atoms with Gasteiger partial charge in [0.2, 0.25) is 5.78 Å². The fourth-order valence-corrected chi connectivity index (χ4v) is 3.22. The van der Waals surface area contributed by atoms with Crippen LogP contribution >= 0.6 is 11.3 Å².